The molecule has 1 amide bonds. The van der Waals surface area contributed by atoms with Crippen molar-refractivity contribution in [1.82, 2.24) is 4.72 Å². The summed E-state index contributed by atoms with van der Waals surface area (Å²) in [4.78, 5) is 11.9. The van der Waals surface area contributed by atoms with E-state index in [1.54, 1.807) is 25.1 Å². The minimum absolute atomic E-state index is 0.0470. The molecule has 122 valence electrons. The first-order valence-corrected chi connectivity index (χ1v) is 8.87. The van der Waals surface area contributed by atoms with E-state index in [9.17, 15) is 17.6 Å². The third-order valence-corrected chi connectivity index (χ3v) is 5.42. The highest BCUT2D eigenvalue weighted by Gasteiger charge is 2.18. The van der Waals surface area contributed by atoms with E-state index in [1.165, 1.54) is 24.3 Å². The maximum absolute atomic E-state index is 13.0. The monoisotopic (exact) mass is 400 g/mol. The molecule has 2 aromatic carbocycles. The van der Waals surface area contributed by atoms with Crippen LogP contribution in [0.25, 0.3) is 0 Å². The molecule has 0 bridgehead atoms. The lowest BCUT2D eigenvalue weighted by molar-refractivity contribution is -0.115. The molecule has 23 heavy (non-hydrogen) atoms. The molecular formula is C15H14BrFN2O3S. The summed E-state index contributed by atoms with van der Waals surface area (Å²) in [6.45, 7) is 1.21. The van der Waals surface area contributed by atoms with Crippen LogP contribution < -0.4 is 10.0 Å². The molecule has 0 saturated carbocycles. The van der Waals surface area contributed by atoms with Gasteiger partial charge in [-0.1, -0.05) is 12.1 Å². The van der Waals surface area contributed by atoms with Crippen LogP contribution in [0.4, 0.5) is 10.1 Å². The number of sulfonamides is 1. The maximum atomic E-state index is 13.0. The van der Waals surface area contributed by atoms with Crippen molar-refractivity contribution in [2.24, 2.45) is 0 Å². The molecule has 2 aromatic rings. The van der Waals surface area contributed by atoms with Crippen LogP contribution in [0.2, 0.25) is 0 Å². The van der Waals surface area contributed by atoms with Gasteiger partial charge in [-0.2, -0.15) is 0 Å². The minimum atomic E-state index is -3.81. The van der Waals surface area contributed by atoms with Crippen molar-refractivity contribution in [3.8, 4) is 0 Å². The van der Waals surface area contributed by atoms with Gasteiger partial charge in [0.2, 0.25) is 15.9 Å². The van der Waals surface area contributed by atoms with Gasteiger partial charge in [0.1, 0.15) is 5.82 Å². The molecule has 0 saturated heterocycles. The normalized spacial score (nSPS) is 11.3. The maximum Gasteiger partial charge on any atom is 0.242 e. The number of nitrogens with one attached hydrogen (secondary N) is 2. The van der Waals surface area contributed by atoms with Crippen LogP contribution in [0.5, 0.6) is 0 Å². The number of benzene rings is 2. The Hall–Kier alpha value is -1.77. The second kappa shape index (κ2) is 7.20. The lowest BCUT2D eigenvalue weighted by atomic mass is 10.2. The van der Waals surface area contributed by atoms with Gasteiger partial charge in [0.15, 0.2) is 0 Å². The average molecular weight is 401 g/mol. The van der Waals surface area contributed by atoms with Crippen LogP contribution in [0, 0.1) is 12.7 Å². The smallest absolute Gasteiger partial charge is 0.242 e. The van der Waals surface area contributed by atoms with E-state index in [0.717, 1.165) is 0 Å². The SMILES string of the molecule is Cc1cc(F)ccc1NC(=O)CNS(=O)(=O)c1ccccc1Br. The number of anilines is 1. The lowest BCUT2D eigenvalue weighted by Crippen LogP contribution is -2.33. The van der Waals surface area contributed by atoms with Crippen LogP contribution in [0.3, 0.4) is 0 Å². The van der Waals surface area contributed by atoms with E-state index in [2.05, 4.69) is 26.0 Å². The number of halogens is 2. The van der Waals surface area contributed by atoms with Crippen LogP contribution in [-0.4, -0.2) is 20.9 Å². The van der Waals surface area contributed by atoms with Gasteiger partial charge >= 0.3 is 0 Å². The Labute approximate surface area is 142 Å². The van der Waals surface area contributed by atoms with Gasteiger partial charge in [0, 0.05) is 10.2 Å². The molecule has 0 aliphatic heterocycles. The second-order valence-electron chi connectivity index (χ2n) is 4.76. The van der Waals surface area contributed by atoms with E-state index in [4.69, 9.17) is 0 Å². The van der Waals surface area contributed by atoms with Gasteiger partial charge in [-0.3, -0.25) is 4.79 Å². The van der Waals surface area contributed by atoms with E-state index >= 15 is 0 Å². The van der Waals surface area contributed by atoms with Crippen LogP contribution in [0.15, 0.2) is 51.8 Å². The van der Waals surface area contributed by atoms with Crippen LogP contribution in [-0.2, 0) is 14.8 Å². The van der Waals surface area contributed by atoms with Gasteiger partial charge in [0.05, 0.1) is 11.4 Å². The zero-order chi connectivity index (χ0) is 17.0. The molecule has 5 nitrogen and oxygen atoms in total. The van der Waals surface area contributed by atoms with E-state index in [-0.39, 0.29) is 4.90 Å². The Balaban J connectivity index is 2.03. The predicted molar refractivity (Wildman–Crippen MR) is 89.1 cm³/mol. The second-order valence-corrected chi connectivity index (χ2v) is 7.35. The molecule has 2 N–H and O–H groups in total. The van der Waals surface area contributed by atoms with Crippen molar-refractivity contribution < 1.29 is 17.6 Å². The molecule has 8 heteroatoms. The Morgan fingerprint density at radius 3 is 2.57 bits per heavy atom. The fourth-order valence-corrected chi connectivity index (χ4v) is 3.85. The van der Waals surface area contributed by atoms with Gasteiger partial charge < -0.3 is 5.32 Å². The molecule has 0 aliphatic carbocycles. The first-order chi connectivity index (χ1) is 10.8. The fraction of sp³-hybridized carbons (Fsp3) is 0.133. The van der Waals surface area contributed by atoms with E-state index < -0.39 is 28.3 Å². The fourth-order valence-electron chi connectivity index (χ4n) is 1.86. The zero-order valence-electron chi connectivity index (χ0n) is 12.1. The van der Waals surface area contributed by atoms with E-state index in [1.807, 2.05) is 0 Å². The molecule has 2 rings (SSSR count). The van der Waals surface area contributed by atoms with Gasteiger partial charge in [-0.25, -0.2) is 17.5 Å². The Morgan fingerprint density at radius 2 is 1.91 bits per heavy atom. The number of hydrogen-bond acceptors (Lipinski definition) is 3. The summed E-state index contributed by atoms with van der Waals surface area (Å²) >= 11 is 3.15. The largest absolute Gasteiger partial charge is 0.325 e. The highest BCUT2D eigenvalue weighted by Crippen LogP contribution is 2.20. The quantitative estimate of drug-likeness (QED) is 0.809. The number of carbonyl (C=O) groups excluding carboxylic acids is 1. The Kier molecular flexibility index (Phi) is 5.51. The van der Waals surface area contributed by atoms with Crippen molar-refractivity contribution in [2.75, 3.05) is 11.9 Å². The summed E-state index contributed by atoms with van der Waals surface area (Å²) in [5.41, 5.74) is 0.975. The number of rotatable bonds is 5. The van der Waals surface area contributed by atoms with Crippen LogP contribution in [0.1, 0.15) is 5.56 Å². The zero-order valence-corrected chi connectivity index (χ0v) is 14.5. The lowest BCUT2D eigenvalue weighted by Gasteiger charge is -2.10. The highest BCUT2D eigenvalue weighted by atomic mass is 79.9. The molecular weight excluding hydrogens is 387 g/mol. The van der Waals surface area contributed by atoms with Gasteiger partial charge in [-0.05, 0) is 58.7 Å². The molecule has 0 heterocycles. The van der Waals surface area contributed by atoms with Crippen molar-refractivity contribution >= 4 is 37.5 Å². The molecule has 0 unspecified atom stereocenters. The van der Waals surface area contributed by atoms with Crippen molar-refractivity contribution in [3.63, 3.8) is 0 Å². The summed E-state index contributed by atoms with van der Waals surface area (Å²) in [5.74, 6) is -0.953. The number of hydrogen-bond donors (Lipinski definition) is 2. The number of carbonyl (C=O) groups is 1. The predicted octanol–water partition coefficient (Wildman–Crippen LogP) is 2.81. The first-order valence-electron chi connectivity index (χ1n) is 6.60. The van der Waals surface area contributed by atoms with Crippen LogP contribution >= 0.6 is 15.9 Å². The standard InChI is InChI=1S/C15H14BrFN2O3S/c1-10-8-11(17)6-7-13(10)19-15(20)9-18-23(21,22)14-5-3-2-4-12(14)16/h2-8,18H,9H2,1H3,(H,19,20). The molecule has 0 fully saturated rings. The molecule has 0 atom stereocenters. The summed E-state index contributed by atoms with van der Waals surface area (Å²) in [5, 5.41) is 2.53. The van der Waals surface area contributed by atoms with Crippen molar-refractivity contribution in [1.29, 1.82) is 0 Å². The summed E-state index contributed by atoms with van der Waals surface area (Å²) in [6, 6.07) is 10.2. The summed E-state index contributed by atoms with van der Waals surface area (Å²) in [6.07, 6.45) is 0. The Morgan fingerprint density at radius 1 is 1.22 bits per heavy atom. The first kappa shape index (κ1) is 17.6. The summed E-state index contributed by atoms with van der Waals surface area (Å²) in [7, 11) is -3.81. The minimum Gasteiger partial charge on any atom is -0.325 e. The molecule has 0 spiro atoms. The topological polar surface area (TPSA) is 75.3 Å². The summed E-state index contributed by atoms with van der Waals surface area (Å²) < 4.78 is 39.9. The molecule has 0 aliphatic rings. The number of amides is 1. The molecule has 0 radical (unpaired) electrons. The highest BCUT2D eigenvalue weighted by molar-refractivity contribution is 9.10. The molecule has 0 aromatic heterocycles. The van der Waals surface area contributed by atoms with Gasteiger partial charge in [-0.15, -0.1) is 0 Å². The third-order valence-electron chi connectivity index (χ3n) is 3.01. The Bertz CT molecular complexity index is 840. The third kappa shape index (κ3) is 4.60. The van der Waals surface area contributed by atoms with Crippen molar-refractivity contribution in [3.05, 3.63) is 58.3 Å². The van der Waals surface area contributed by atoms with Crippen molar-refractivity contribution in [2.45, 2.75) is 11.8 Å². The number of aryl methyl sites for hydroxylation is 1. The average Bonchev–Trinajstić information content (AvgIpc) is 2.48. The van der Waals surface area contributed by atoms with Gasteiger partial charge in [0.25, 0.3) is 0 Å². The van der Waals surface area contributed by atoms with E-state index in [0.29, 0.717) is 15.7 Å².